The van der Waals surface area contributed by atoms with E-state index in [1.165, 1.54) is 89.0 Å². The van der Waals surface area contributed by atoms with Gasteiger partial charge in [0, 0.05) is 11.1 Å². The maximum atomic E-state index is 12.1. The third-order valence-corrected chi connectivity index (χ3v) is 14.5. The van der Waals surface area contributed by atoms with Gasteiger partial charge in [0.1, 0.15) is 11.5 Å². The average Bonchev–Trinajstić information content (AvgIpc) is 3.25. The van der Waals surface area contributed by atoms with Crippen molar-refractivity contribution in [3.8, 4) is 78.3 Å². The smallest absolute Gasteiger partial charge is 0.123 e. The van der Waals surface area contributed by atoms with Crippen LogP contribution < -0.4 is 0 Å². The Hall–Kier alpha value is -7.42. The van der Waals surface area contributed by atoms with Gasteiger partial charge in [-0.3, -0.25) is 0 Å². The Morgan fingerprint density at radius 3 is 0.750 bits per heavy atom. The highest BCUT2D eigenvalue weighted by Crippen LogP contribution is 2.49. The first kappa shape index (κ1) is 44.4. The number of aromatic hydroxyl groups is 2. The second-order valence-corrected chi connectivity index (χ2v) is 20.0. The highest BCUT2D eigenvalue weighted by Gasteiger charge is 2.22. The molecule has 68 heavy (non-hydrogen) atoms. The highest BCUT2D eigenvalue weighted by atomic mass is 16.3. The van der Waals surface area contributed by atoms with E-state index in [2.05, 4.69) is 204 Å². The molecule has 2 nitrogen and oxygen atoms in total. The van der Waals surface area contributed by atoms with Crippen LogP contribution in [0.5, 0.6) is 11.5 Å². The fourth-order valence-corrected chi connectivity index (χ4v) is 12.2. The normalized spacial score (nSPS) is 11.6. The summed E-state index contributed by atoms with van der Waals surface area (Å²) in [6, 6.07) is 48.6. The van der Waals surface area contributed by atoms with Crippen molar-refractivity contribution in [2.24, 2.45) is 0 Å². The molecule has 336 valence electrons. The molecule has 0 aliphatic rings. The van der Waals surface area contributed by atoms with E-state index in [9.17, 15) is 10.2 Å². The van der Waals surface area contributed by atoms with Gasteiger partial charge in [-0.15, -0.1) is 0 Å². The zero-order valence-electron chi connectivity index (χ0n) is 41.6. The van der Waals surface area contributed by atoms with Gasteiger partial charge in [0.25, 0.3) is 0 Å². The molecule has 0 saturated heterocycles. The molecule has 10 rings (SSSR count). The number of phenolic OH excluding ortho intramolecular Hbond substituents is 2. The summed E-state index contributed by atoms with van der Waals surface area (Å²) in [6.45, 7) is 26.1. The minimum absolute atomic E-state index is 0.238. The van der Waals surface area contributed by atoms with E-state index in [-0.39, 0.29) is 11.5 Å². The second kappa shape index (κ2) is 16.7. The summed E-state index contributed by atoms with van der Waals surface area (Å²) in [4.78, 5) is 0. The van der Waals surface area contributed by atoms with Crippen LogP contribution in [0.15, 0.2) is 133 Å². The van der Waals surface area contributed by atoms with Crippen molar-refractivity contribution in [3.63, 3.8) is 0 Å². The highest BCUT2D eigenvalue weighted by molar-refractivity contribution is 6.25. The third-order valence-electron chi connectivity index (χ3n) is 14.5. The molecule has 0 unspecified atom stereocenters. The van der Waals surface area contributed by atoms with Crippen molar-refractivity contribution in [1.29, 1.82) is 0 Å². The summed E-state index contributed by atoms with van der Waals surface area (Å²) < 4.78 is 0. The van der Waals surface area contributed by atoms with Gasteiger partial charge in [0.2, 0.25) is 0 Å². The molecule has 10 aromatic carbocycles. The van der Waals surface area contributed by atoms with Crippen LogP contribution >= 0.6 is 0 Å². The lowest BCUT2D eigenvalue weighted by molar-refractivity contribution is 0.477. The SMILES string of the molecule is Cc1cc(C)c(-c2ccc(O)c(-c3cc4c5ccc(-c6c(C)cc(C)cc6C)cc5c(-c5cc(-c6c(C)cc(C)cc6C)ccc5O)cc4c4ccc(-c5c(C)cc(C)cc5C)cc34)c2)c(C)c1. The van der Waals surface area contributed by atoms with Gasteiger partial charge in [-0.25, -0.2) is 0 Å². The van der Waals surface area contributed by atoms with Crippen LogP contribution in [0.2, 0.25) is 0 Å². The van der Waals surface area contributed by atoms with E-state index in [4.69, 9.17) is 0 Å². The van der Waals surface area contributed by atoms with E-state index >= 15 is 0 Å². The molecule has 0 bridgehead atoms. The van der Waals surface area contributed by atoms with Crippen LogP contribution in [0.1, 0.15) is 66.8 Å². The third kappa shape index (κ3) is 7.53. The van der Waals surface area contributed by atoms with Crippen LogP contribution in [0.3, 0.4) is 0 Å². The predicted octanol–water partition coefficient (Wildman–Crippen LogP) is 18.3. The van der Waals surface area contributed by atoms with Gasteiger partial charge in [0.15, 0.2) is 0 Å². The van der Waals surface area contributed by atoms with Gasteiger partial charge >= 0.3 is 0 Å². The molecule has 2 N–H and O–H groups in total. The Bertz CT molecular complexity index is 3430. The van der Waals surface area contributed by atoms with Crippen LogP contribution in [0.25, 0.3) is 99.1 Å². The predicted molar refractivity (Wildman–Crippen MR) is 292 cm³/mol. The Labute approximate surface area is 402 Å². The largest absolute Gasteiger partial charge is 0.507 e. The maximum absolute atomic E-state index is 12.1. The Balaban J connectivity index is 1.34. The number of hydrogen-bond acceptors (Lipinski definition) is 2. The zero-order chi connectivity index (χ0) is 48.0. The fraction of sp³-hybridized carbons (Fsp3) is 0.182. The molecule has 0 aliphatic heterocycles. The van der Waals surface area contributed by atoms with Gasteiger partial charge in [-0.1, -0.05) is 107 Å². The summed E-state index contributed by atoms with van der Waals surface area (Å²) in [5, 5.41) is 30.6. The van der Waals surface area contributed by atoms with Gasteiger partial charge < -0.3 is 10.2 Å². The molecule has 0 spiro atoms. The lowest BCUT2D eigenvalue weighted by Crippen LogP contribution is -1.95. The van der Waals surface area contributed by atoms with Gasteiger partial charge in [-0.05, 0) is 264 Å². The Morgan fingerprint density at radius 1 is 0.221 bits per heavy atom. The summed E-state index contributed by atoms with van der Waals surface area (Å²) in [5.41, 5.74) is 27.5. The van der Waals surface area contributed by atoms with Crippen molar-refractivity contribution < 1.29 is 10.2 Å². The number of benzene rings is 10. The summed E-state index contributed by atoms with van der Waals surface area (Å²) >= 11 is 0. The minimum atomic E-state index is 0.238. The van der Waals surface area contributed by atoms with E-state index < -0.39 is 0 Å². The Kier molecular flexibility index (Phi) is 10.9. The standard InChI is InChI=1S/C66H60O2/c1-35-21-39(5)63(40(6)22-35)47-13-17-51-53(29-47)57(59-31-49(15-19-61(59)67)65-43(9)25-37(3)26-44(65)10)33-56-52-18-14-48(64-41(7)23-36(2)24-42(64)8)30-54(52)58(34-55(51)56)60-32-50(16-20-62(60)68)66-45(11)27-38(4)28-46(66)12/h13-34,67-68H,1-12H3. The monoisotopic (exact) mass is 884 g/mol. The van der Waals surface area contributed by atoms with E-state index in [1.54, 1.807) is 0 Å². The average molecular weight is 885 g/mol. The number of aryl methyl sites for hydroxylation is 12. The molecule has 0 radical (unpaired) electrons. The number of rotatable bonds is 6. The van der Waals surface area contributed by atoms with Crippen molar-refractivity contribution in [2.75, 3.05) is 0 Å². The summed E-state index contributed by atoms with van der Waals surface area (Å²) in [6.07, 6.45) is 0. The van der Waals surface area contributed by atoms with Crippen LogP contribution in [-0.4, -0.2) is 10.2 Å². The number of hydrogen-bond donors (Lipinski definition) is 2. The number of fused-ring (bicyclic) bond motifs is 5. The molecular weight excluding hydrogens is 825 g/mol. The van der Waals surface area contributed by atoms with E-state index in [1.807, 2.05) is 12.1 Å². The zero-order valence-corrected chi connectivity index (χ0v) is 41.6. The topological polar surface area (TPSA) is 40.5 Å². The van der Waals surface area contributed by atoms with Crippen molar-refractivity contribution >= 4 is 32.3 Å². The molecular formula is C66H60O2. The minimum Gasteiger partial charge on any atom is -0.507 e. The lowest BCUT2D eigenvalue weighted by Gasteiger charge is -2.21. The van der Waals surface area contributed by atoms with E-state index in [0.29, 0.717) is 0 Å². The van der Waals surface area contributed by atoms with Crippen LogP contribution in [-0.2, 0) is 0 Å². The molecule has 2 heteroatoms. The maximum Gasteiger partial charge on any atom is 0.123 e. The quantitative estimate of drug-likeness (QED) is 0.163. The van der Waals surface area contributed by atoms with Gasteiger partial charge in [-0.2, -0.15) is 0 Å². The van der Waals surface area contributed by atoms with Crippen molar-refractivity contribution in [2.45, 2.75) is 83.1 Å². The molecule has 0 aliphatic carbocycles. The lowest BCUT2D eigenvalue weighted by atomic mass is 9.83. The first-order valence-corrected chi connectivity index (χ1v) is 23.9. The van der Waals surface area contributed by atoms with Crippen molar-refractivity contribution in [3.05, 3.63) is 200 Å². The van der Waals surface area contributed by atoms with E-state index in [0.717, 1.165) is 76.8 Å². The summed E-state index contributed by atoms with van der Waals surface area (Å²) in [5.74, 6) is 0.476. The fourth-order valence-electron chi connectivity index (χ4n) is 12.2. The molecule has 0 atom stereocenters. The first-order valence-electron chi connectivity index (χ1n) is 23.9. The molecule has 0 fully saturated rings. The number of phenols is 2. The molecule has 10 aromatic rings. The molecule has 0 heterocycles. The molecule has 0 amide bonds. The Morgan fingerprint density at radius 2 is 0.471 bits per heavy atom. The molecule has 0 saturated carbocycles. The van der Waals surface area contributed by atoms with Crippen molar-refractivity contribution in [1.82, 2.24) is 0 Å². The summed E-state index contributed by atoms with van der Waals surface area (Å²) in [7, 11) is 0. The van der Waals surface area contributed by atoms with Gasteiger partial charge in [0.05, 0.1) is 0 Å². The van der Waals surface area contributed by atoms with Crippen LogP contribution in [0, 0.1) is 83.1 Å². The molecule has 0 aromatic heterocycles. The second-order valence-electron chi connectivity index (χ2n) is 20.0. The first-order chi connectivity index (χ1) is 32.4. The van der Waals surface area contributed by atoms with Crippen LogP contribution in [0.4, 0.5) is 0 Å².